The lowest BCUT2D eigenvalue weighted by molar-refractivity contribution is 0.0203. The minimum atomic E-state index is -0.633. The predicted molar refractivity (Wildman–Crippen MR) is 129 cm³/mol. The number of aromatic nitrogens is 1. The number of hydrogen-bond donors (Lipinski definition) is 1. The quantitative estimate of drug-likeness (QED) is 0.451. The van der Waals surface area contributed by atoms with E-state index in [1.165, 1.54) is 17.5 Å². The third-order valence-corrected chi connectivity index (χ3v) is 7.79. The molecule has 4 nitrogen and oxygen atoms in total. The number of hydrogen-bond acceptors (Lipinski definition) is 4. The molecule has 2 saturated carbocycles. The number of fused-ring (bicyclic) bond motifs is 3. The van der Waals surface area contributed by atoms with Crippen LogP contribution in [0, 0.1) is 37.3 Å². The summed E-state index contributed by atoms with van der Waals surface area (Å²) in [6.07, 6.45) is 5.54. The van der Waals surface area contributed by atoms with Crippen LogP contribution in [0.2, 0.25) is 0 Å². The van der Waals surface area contributed by atoms with Gasteiger partial charge < -0.3 is 14.6 Å². The Labute approximate surface area is 203 Å². The van der Waals surface area contributed by atoms with Gasteiger partial charge in [-0.3, -0.25) is 0 Å². The molecule has 0 spiro atoms. The monoisotopic (exact) mass is 477 g/mol. The van der Waals surface area contributed by atoms with Gasteiger partial charge in [0.2, 0.25) is 5.88 Å². The summed E-state index contributed by atoms with van der Waals surface area (Å²) in [5.41, 5.74) is 5.66. The molecule has 3 aromatic rings. The van der Waals surface area contributed by atoms with E-state index >= 15 is 0 Å². The van der Waals surface area contributed by atoms with Crippen LogP contribution in [0.15, 0.2) is 36.5 Å². The van der Waals surface area contributed by atoms with Crippen LogP contribution in [-0.4, -0.2) is 22.8 Å². The van der Waals surface area contributed by atoms with E-state index in [9.17, 15) is 13.9 Å². The van der Waals surface area contributed by atoms with Crippen molar-refractivity contribution in [3.05, 3.63) is 76.0 Å². The fourth-order valence-electron chi connectivity index (χ4n) is 5.74. The Hall–Kier alpha value is -2.99. The second-order valence-electron chi connectivity index (χ2n) is 10.5. The molecule has 1 heterocycles. The lowest BCUT2D eigenvalue weighted by Gasteiger charge is -2.31. The Morgan fingerprint density at radius 1 is 0.971 bits per heavy atom. The highest BCUT2D eigenvalue weighted by Crippen LogP contribution is 2.56. The number of aliphatic hydroxyl groups is 1. The molecule has 35 heavy (non-hydrogen) atoms. The van der Waals surface area contributed by atoms with Gasteiger partial charge in [0, 0.05) is 29.5 Å². The van der Waals surface area contributed by atoms with Crippen LogP contribution in [0.1, 0.15) is 53.0 Å². The number of aryl methyl sites for hydroxylation is 2. The Morgan fingerprint density at radius 3 is 2.49 bits per heavy atom. The SMILES string of the molecule is Cc1cc(OCC2CC(O)C2)cc(C)c1-c1cc(COc2cc3c(cn2)C2CC2C3)c(F)cc1F. The molecule has 6 heteroatoms. The molecule has 0 bridgehead atoms. The van der Waals surface area contributed by atoms with Gasteiger partial charge in [0.1, 0.15) is 24.0 Å². The predicted octanol–water partition coefficient (Wildman–Crippen LogP) is 6.03. The summed E-state index contributed by atoms with van der Waals surface area (Å²) in [5, 5.41) is 9.45. The molecule has 0 radical (unpaired) electrons. The van der Waals surface area contributed by atoms with Crippen molar-refractivity contribution in [2.24, 2.45) is 11.8 Å². The Morgan fingerprint density at radius 2 is 1.74 bits per heavy atom. The molecular weight excluding hydrogens is 448 g/mol. The summed E-state index contributed by atoms with van der Waals surface area (Å²) in [5.74, 6) is 1.75. The minimum absolute atomic E-state index is 0.0235. The van der Waals surface area contributed by atoms with Gasteiger partial charge in [-0.1, -0.05) is 0 Å². The molecule has 6 rings (SSSR count). The van der Waals surface area contributed by atoms with E-state index in [1.807, 2.05) is 38.2 Å². The zero-order valence-electron chi connectivity index (χ0n) is 20.0. The minimum Gasteiger partial charge on any atom is -0.493 e. The average molecular weight is 478 g/mol. The van der Waals surface area contributed by atoms with Crippen molar-refractivity contribution in [2.75, 3.05) is 6.61 Å². The lowest BCUT2D eigenvalue weighted by Crippen LogP contribution is -2.32. The van der Waals surface area contributed by atoms with Gasteiger partial charge >= 0.3 is 0 Å². The van der Waals surface area contributed by atoms with Crippen LogP contribution in [0.4, 0.5) is 8.78 Å². The molecule has 0 saturated heterocycles. The molecule has 2 atom stereocenters. The van der Waals surface area contributed by atoms with E-state index in [-0.39, 0.29) is 18.3 Å². The second-order valence-corrected chi connectivity index (χ2v) is 10.5. The molecule has 0 aliphatic heterocycles. The van der Waals surface area contributed by atoms with Gasteiger partial charge in [-0.2, -0.15) is 0 Å². The Kier molecular flexibility index (Phi) is 5.52. The molecule has 3 aliphatic carbocycles. The first-order valence-electron chi connectivity index (χ1n) is 12.4. The van der Waals surface area contributed by atoms with Crippen LogP contribution < -0.4 is 9.47 Å². The summed E-state index contributed by atoms with van der Waals surface area (Å²) in [4.78, 5) is 4.41. The Bertz CT molecular complexity index is 1280. The first kappa shape index (κ1) is 22.5. The molecular formula is C29H29F2NO3. The number of pyridine rings is 1. The topological polar surface area (TPSA) is 51.6 Å². The maximum Gasteiger partial charge on any atom is 0.213 e. The molecule has 2 fully saturated rings. The highest BCUT2D eigenvalue weighted by molar-refractivity contribution is 5.73. The first-order valence-corrected chi connectivity index (χ1v) is 12.4. The summed E-state index contributed by atoms with van der Waals surface area (Å²) >= 11 is 0. The summed E-state index contributed by atoms with van der Waals surface area (Å²) < 4.78 is 41.3. The molecule has 2 aromatic carbocycles. The van der Waals surface area contributed by atoms with Crippen LogP contribution in [0.25, 0.3) is 11.1 Å². The highest BCUT2D eigenvalue weighted by atomic mass is 19.1. The highest BCUT2D eigenvalue weighted by Gasteiger charge is 2.45. The number of nitrogens with zero attached hydrogens (tertiary/aromatic N) is 1. The number of halogens is 2. The van der Waals surface area contributed by atoms with Gasteiger partial charge in [-0.05, 0) is 103 Å². The summed E-state index contributed by atoms with van der Waals surface area (Å²) in [7, 11) is 0. The van der Waals surface area contributed by atoms with Crippen LogP contribution in [-0.2, 0) is 13.0 Å². The fraction of sp³-hybridized carbons (Fsp3) is 0.414. The third-order valence-electron chi connectivity index (χ3n) is 7.79. The largest absolute Gasteiger partial charge is 0.493 e. The molecule has 2 unspecified atom stereocenters. The molecule has 1 N–H and O–H groups in total. The van der Waals surface area contributed by atoms with Crippen molar-refractivity contribution in [1.29, 1.82) is 0 Å². The standard InChI is InChI=1S/C29H29F2NO3/c1-15-3-22(34-13-17-5-21(33)6-17)4-16(2)29(15)24-9-20(26(30)11-27(24)31)14-35-28-10-19-7-18-8-23(18)25(19)12-32-28/h3-4,9-12,17-18,21,23,33H,5-8,13-14H2,1-2H3. The molecule has 3 aliphatic rings. The van der Waals surface area contributed by atoms with Crippen molar-refractivity contribution < 1.29 is 23.4 Å². The third kappa shape index (κ3) is 4.29. The van der Waals surface area contributed by atoms with E-state index in [0.29, 0.717) is 29.9 Å². The van der Waals surface area contributed by atoms with Crippen molar-refractivity contribution in [3.63, 3.8) is 0 Å². The summed E-state index contributed by atoms with van der Waals surface area (Å²) in [6.45, 7) is 4.34. The van der Waals surface area contributed by atoms with Gasteiger partial charge in [-0.25, -0.2) is 13.8 Å². The zero-order chi connectivity index (χ0) is 24.3. The maximum absolute atomic E-state index is 14.9. The molecule has 0 amide bonds. The van der Waals surface area contributed by atoms with Gasteiger partial charge in [0.05, 0.1) is 12.7 Å². The van der Waals surface area contributed by atoms with E-state index in [0.717, 1.165) is 53.7 Å². The van der Waals surface area contributed by atoms with E-state index in [1.54, 1.807) is 6.07 Å². The lowest BCUT2D eigenvalue weighted by atomic mass is 9.83. The smallest absolute Gasteiger partial charge is 0.213 e. The summed E-state index contributed by atoms with van der Waals surface area (Å²) in [6, 6.07) is 8.20. The van der Waals surface area contributed by atoms with Gasteiger partial charge in [0.15, 0.2) is 0 Å². The molecule has 1 aromatic heterocycles. The number of aliphatic hydroxyl groups excluding tert-OH is 1. The normalized spacial score (nSPS) is 23.9. The van der Waals surface area contributed by atoms with Crippen molar-refractivity contribution in [3.8, 4) is 22.8 Å². The number of ether oxygens (including phenoxy) is 2. The first-order chi connectivity index (χ1) is 16.9. The van der Waals surface area contributed by atoms with Crippen molar-refractivity contribution >= 4 is 0 Å². The van der Waals surface area contributed by atoms with E-state index in [4.69, 9.17) is 9.47 Å². The second kappa shape index (κ2) is 8.59. The average Bonchev–Trinajstić information content (AvgIpc) is 3.46. The fourth-order valence-corrected chi connectivity index (χ4v) is 5.74. The molecule has 182 valence electrons. The Balaban J connectivity index is 1.20. The van der Waals surface area contributed by atoms with Crippen LogP contribution in [0.5, 0.6) is 11.6 Å². The number of rotatable bonds is 7. The van der Waals surface area contributed by atoms with Crippen LogP contribution >= 0.6 is 0 Å². The maximum atomic E-state index is 14.9. The van der Waals surface area contributed by atoms with Gasteiger partial charge in [-0.15, -0.1) is 0 Å². The van der Waals surface area contributed by atoms with E-state index in [2.05, 4.69) is 4.98 Å². The number of benzene rings is 2. The van der Waals surface area contributed by atoms with Crippen molar-refractivity contribution in [1.82, 2.24) is 4.98 Å². The zero-order valence-corrected chi connectivity index (χ0v) is 20.0. The van der Waals surface area contributed by atoms with Crippen LogP contribution in [0.3, 0.4) is 0 Å². The van der Waals surface area contributed by atoms with E-state index < -0.39 is 11.6 Å². The van der Waals surface area contributed by atoms with Gasteiger partial charge in [0.25, 0.3) is 0 Å². The van der Waals surface area contributed by atoms with Crippen molar-refractivity contribution in [2.45, 2.75) is 58.2 Å².